The van der Waals surface area contributed by atoms with Gasteiger partial charge in [0.25, 0.3) is 11.8 Å². The molecular weight excluding hydrogens is 519 g/mol. The van der Waals surface area contributed by atoms with Crippen molar-refractivity contribution in [2.24, 2.45) is 21.0 Å². The highest BCUT2D eigenvalue weighted by molar-refractivity contribution is 6.38. The molecule has 0 aromatic heterocycles. The number of anilines is 2. The van der Waals surface area contributed by atoms with E-state index in [0.717, 1.165) is 0 Å². The van der Waals surface area contributed by atoms with Crippen molar-refractivity contribution in [1.29, 1.82) is 0 Å². The summed E-state index contributed by atoms with van der Waals surface area (Å²) in [5.74, 6) is -1.16. The van der Waals surface area contributed by atoms with Gasteiger partial charge in [0.15, 0.2) is 0 Å². The molecule has 2 spiro atoms. The van der Waals surface area contributed by atoms with Crippen LogP contribution >= 0.6 is 34.8 Å². The van der Waals surface area contributed by atoms with Crippen LogP contribution in [0.25, 0.3) is 0 Å². The highest BCUT2D eigenvalue weighted by atomic mass is 35.5. The lowest BCUT2D eigenvalue weighted by Crippen LogP contribution is -2.40. The fourth-order valence-electron chi connectivity index (χ4n) is 5.93. The van der Waals surface area contributed by atoms with Crippen molar-refractivity contribution < 1.29 is 9.59 Å². The van der Waals surface area contributed by atoms with Crippen LogP contribution < -0.4 is 10.0 Å². The zero-order valence-corrected chi connectivity index (χ0v) is 21.5. The lowest BCUT2D eigenvalue weighted by Gasteiger charge is -2.19. The molecule has 0 radical (unpaired) electrons. The average molecular weight is 538 g/mol. The third-order valence-corrected chi connectivity index (χ3v) is 8.31. The van der Waals surface area contributed by atoms with Crippen molar-refractivity contribution in [3.8, 4) is 0 Å². The Morgan fingerprint density at radius 2 is 1.08 bits per heavy atom. The number of hydrogen-bond donors (Lipinski definition) is 0. The van der Waals surface area contributed by atoms with Gasteiger partial charge in [0.2, 0.25) is 0 Å². The monoisotopic (exact) mass is 536 g/mol. The first-order valence-electron chi connectivity index (χ1n) is 11.3. The normalized spacial score (nSPS) is 26.8. The van der Waals surface area contributed by atoms with Gasteiger partial charge in [-0.05, 0) is 74.0 Å². The van der Waals surface area contributed by atoms with Crippen molar-refractivity contribution in [2.75, 3.05) is 10.0 Å². The van der Waals surface area contributed by atoms with Crippen LogP contribution in [0.3, 0.4) is 0 Å². The van der Waals surface area contributed by atoms with Gasteiger partial charge >= 0.3 is 0 Å². The second kappa shape index (κ2) is 7.90. The zero-order valence-electron chi connectivity index (χ0n) is 19.2. The first-order chi connectivity index (χ1) is 17.2. The first-order valence-corrected chi connectivity index (χ1v) is 12.4. The van der Waals surface area contributed by atoms with Gasteiger partial charge in [-0.3, -0.25) is 9.59 Å². The summed E-state index contributed by atoms with van der Waals surface area (Å²) in [4.78, 5) is 28.6. The molecule has 0 N–H and O–H groups in total. The van der Waals surface area contributed by atoms with Crippen molar-refractivity contribution >= 4 is 69.4 Å². The Hall–Kier alpha value is -3.19. The van der Waals surface area contributed by atoms with Crippen molar-refractivity contribution in [3.05, 3.63) is 93.4 Å². The molecule has 2 amide bonds. The van der Waals surface area contributed by atoms with Crippen molar-refractivity contribution in [2.45, 2.75) is 19.8 Å². The van der Waals surface area contributed by atoms with Gasteiger partial charge in [0, 0.05) is 21.0 Å². The molecule has 2 heterocycles. The summed E-state index contributed by atoms with van der Waals surface area (Å²) in [5, 5.41) is 13.6. The molecule has 6 rings (SSSR count). The standard InChI is InChI=1S/C27H19Cl3N4O2/c1-15-26(24(35)33(31-15)19-11-7-17(28)8-12-19)23(21-5-3-4-6-22(21)30)27(26)16(2)32-34(25(27)36)20-13-9-18(29)10-14-20/h3-14,23H,1-2H3/t23?,26-,27+. The Bertz CT molecular complexity index is 1410. The van der Waals surface area contributed by atoms with E-state index in [-0.39, 0.29) is 11.8 Å². The fourth-order valence-corrected chi connectivity index (χ4v) is 6.43. The molecule has 1 unspecified atom stereocenters. The van der Waals surface area contributed by atoms with Crippen LogP contribution in [0.4, 0.5) is 11.4 Å². The van der Waals surface area contributed by atoms with Crippen LogP contribution in [-0.2, 0) is 9.59 Å². The largest absolute Gasteiger partial charge is 0.271 e. The molecule has 1 saturated carbocycles. The van der Waals surface area contributed by atoms with Crippen LogP contribution in [-0.4, -0.2) is 23.2 Å². The molecule has 1 fully saturated rings. The predicted molar refractivity (Wildman–Crippen MR) is 143 cm³/mol. The molecule has 3 atom stereocenters. The van der Waals surface area contributed by atoms with E-state index in [2.05, 4.69) is 10.2 Å². The van der Waals surface area contributed by atoms with Gasteiger partial charge in [0.1, 0.15) is 10.8 Å². The van der Waals surface area contributed by atoms with E-state index >= 15 is 0 Å². The molecule has 36 heavy (non-hydrogen) atoms. The van der Waals surface area contributed by atoms with Crippen LogP contribution in [0.1, 0.15) is 25.3 Å². The maximum Gasteiger partial charge on any atom is 0.261 e. The van der Waals surface area contributed by atoms with Crippen molar-refractivity contribution in [3.63, 3.8) is 0 Å². The fraction of sp³-hybridized carbons (Fsp3) is 0.185. The van der Waals surface area contributed by atoms with Gasteiger partial charge in [0.05, 0.1) is 22.8 Å². The summed E-state index contributed by atoms with van der Waals surface area (Å²) in [6.07, 6.45) is 0. The SMILES string of the molecule is CC1=NN(c2ccc(Cl)cc2)C(=O)[C@@]12C(c1ccccc1Cl)[C@]21C(=O)N(c2ccc(Cl)cc2)N=C1C. The van der Waals surface area contributed by atoms with Gasteiger partial charge in [-0.15, -0.1) is 0 Å². The number of amides is 2. The summed E-state index contributed by atoms with van der Waals surface area (Å²) < 4.78 is 0. The van der Waals surface area contributed by atoms with Gasteiger partial charge in [-0.2, -0.15) is 20.2 Å². The number of carbonyl (C=O) groups is 2. The number of hydrogen-bond acceptors (Lipinski definition) is 4. The highest BCUT2D eigenvalue weighted by Crippen LogP contribution is 2.79. The number of halogens is 3. The molecular formula is C27H19Cl3N4O2. The molecule has 2 aliphatic heterocycles. The van der Waals surface area contributed by atoms with Crippen LogP contribution in [0.5, 0.6) is 0 Å². The molecule has 0 bridgehead atoms. The number of benzene rings is 3. The van der Waals surface area contributed by atoms with Gasteiger partial charge < -0.3 is 0 Å². The average Bonchev–Trinajstić information content (AvgIpc) is 3.33. The summed E-state index contributed by atoms with van der Waals surface area (Å²) in [6, 6.07) is 21.0. The summed E-state index contributed by atoms with van der Waals surface area (Å²) in [6.45, 7) is 3.58. The Labute approximate surface area is 222 Å². The molecule has 3 aromatic rings. The molecule has 1 aliphatic carbocycles. The number of nitrogens with zero attached hydrogens (tertiary/aromatic N) is 4. The second-order valence-corrected chi connectivity index (χ2v) is 10.4. The molecule has 3 aliphatic rings. The Balaban J connectivity index is 1.53. The third-order valence-electron chi connectivity index (χ3n) is 7.46. The summed E-state index contributed by atoms with van der Waals surface area (Å²) in [7, 11) is 0. The number of fused-ring (bicyclic) bond motifs is 1. The van der Waals surface area contributed by atoms with E-state index in [9.17, 15) is 9.59 Å². The molecule has 0 saturated heterocycles. The van der Waals surface area contributed by atoms with E-state index in [1.807, 2.05) is 18.2 Å². The Kier molecular flexibility index (Phi) is 5.10. The first kappa shape index (κ1) is 23.2. The van der Waals surface area contributed by atoms with E-state index < -0.39 is 16.7 Å². The highest BCUT2D eigenvalue weighted by Gasteiger charge is 2.91. The summed E-state index contributed by atoms with van der Waals surface area (Å²) in [5.41, 5.74) is 0.389. The smallest absolute Gasteiger partial charge is 0.261 e. The lowest BCUT2D eigenvalue weighted by molar-refractivity contribution is -0.126. The maximum atomic E-state index is 14.3. The minimum atomic E-state index is -1.26. The minimum absolute atomic E-state index is 0.298. The third kappa shape index (κ3) is 2.80. The van der Waals surface area contributed by atoms with E-state index in [1.165, 1.54) is 10.0 Å². The molecule has 9 heteroatoms. The van der Waals surface area contributed by atoms with Crippen LogP contribution in [0.15, 0.2) is 83.0 Å². The topological polar surface area (TPSA) is 65.3 Å². The quantitative estimate of drug-likeness (QED) is 0.380. The zero-order chi connectivity index (χ0) is 25.4. The predicted octanol–water partition coefficient (Wildman–Crippen LogP) is 6.56. The van der Waals surface area contributed by atoms with Crippen LogP contribution in [0, 0.1) is 10.8 Å². The second-order valence-electron chi connectivity index (χ2n) is 9.13. The molecule has 6 nitrogen and oxygen atoms in total. The van der Waals surface area contributed by atoms with E-state index in [0.29, 0.717) is 43.4 Å². The lowest BCUT2D eigenvalue weighted by atomic mass is 9.85. The molecule has 180 valence electrons. The number of carbonyl (C=O) groups excluding carboxylic acids is 2. The van der Waals surface area contributed by atoms with Crippen molar-refractivity contribution in [1.82, 2.24) is 0 Å². The van der Waals surface area contributed by atoms with E-state index in [1.54, 1.807) is 68.4 Å². The van der Waals surface area contributed by atoms with Gasteiger partial charge in [-0.1, -0.05) is 53.0 Å². The Morgan fingerprint density at radius 3 is 1.50 bits per heavy atom. The van der Waals surface area contributed by atoms with E-state index in [4.69, 9.17) is 34.8 Å². The Morgan fingerprint density at radius 1 is 0.667 bits per heavy atom. The maximum absolute atomic E-state index is 14.3. The van der Waals surface area contributed by atoms with Gasteiger partial charge in [-0.25, -0.2) is 0 Å². The molecule has 3 aromatic carbocycles. The summed E-state index contributed by atoms with van der Waals surface area (Å²) >= 11 is 18.8. The van der Waals surface area contributed by atoms with Crippen LogP contribution in [0.2, 0.25) is 15.1 Å². The number of hydrazone groups is 2. The number of rotatable bonds is 3. The minimum Gasteiger partial charge on any atom is -0.271 e.